The zero-order valence-electron chi connectivity index (χ0n) is 22.3. The van der Waals surface area contributed by atoms with E-state index in [0.717, 1.165) is 62.5 Å². The van der Waals surface area contributed by atoms with Crippen LogP contribution in [0.5, 0.6) is 5.75 Å². The molecule has 0 aliphatic carbocycles. The van der Waals surface area contributed by atoms with E-state index in [2.05, 4.69) is 22.5 Å². The van der Waals surface area contributed by atoms with Gasteiger partial charge in [0.15, 0.2) is 6.61 Å². The maximum Gasteiger partial charge on any atom is 0.262 e. The molecule has 0 bridgehead atoms. The van der Waals surface area contributed by atoms with E-state index in [1.54, 1.807) is 29.2 Å². The lowest BCUT2D eigenvalue weighted by atomic mass is 10.1. The van der Waals surface area contributed by atoms with Crippen LogP contribution in [0, 0.1) is 12.8 Å². The summed E-state index contributed by atoms with van der Waals surface area (Å²) in [6.45, 7) is 9.19. The summed E-state index contributed by atoms with van der Waals surface area (Å²) in [5.74, 6) is -0.206. The minimum Gasteiger partial charge on any atom is -0.484 e. The van der Waals surface area contributed by atoms with Gasteiger partial charge in [-0.15, -0.1) is 0 Å². The molecule has 4 rings (SSSR count). The summed E-state index contributed by atoms with van der Waals surface area (Å²) >= 11 is 0. The summed E-state index contributed by atoms with van der Waals surface area (Å²) in [6, 6.07) is 13.0. The fourth-order valence-electron chi connectivity index (χ4n) is 4.86. The molecule has 2 aliphatic heterocycles. The van der Waals surface area contributed by atoms with Crippen LogP contribution >= 0.6 is 0 Å². The molecule has 2 aromatic rings. The van der Waals surface area contributed by atoms with Crippen molar-refractivity contribution in [2.24, 2.45) is 5.92 Å². The Labute approximate surface area is 224 Å². The molecule has 3 amide bonds. The van der Waals surface area contributed by atoms with Gasteiger partial charge < -0.3 is 25.0 Å². The predicted molar refractivity (Wildman–Crippen MR) is 146 cm³/mol. The van der Waals surface area contributed by atoms with Gasteiger partial charge in [0.25, 0.3) is 5.91 Å². The third kappa shape index (κ3) is 7.33. The van der Waals surface area contributed by atoms with E-state index in [-0.39, 0.29) is 36.7 Å². The van der Waals surface area contributed by atoms with Crippen LogP contribution in [-0.4, -0.2) is 75.2 Å². The van der Waals surface area contributed by atoms with Crippen LogP contribution in [0.3, 0.4) is 0 Å². The number of rotatable bonds is 11. The summed E-state index contributed by atoms with van der Waals surface area (Å²) in [7, 11) is 0. The lowest BCUT2D eigenvalue weighted by molar-refractivity contribution is -0.126. The molecule has 0 aromatic heterocycles. The number of nitrogens with zero attached hydrogens (tertiary/aromatic N) is 2. The van der Waals surface area contributed by atoms with Crippen molar-refractivity contribution in [2.75, 3.05) is 62.8 Å². The Morgan fingerprint density at radius 1 is 1.11 bits per heavy atom. The van der Waals surface area contributed by atoms with Crippen LogP contribution in [0.25, 0.3) is 0 Å². The maximum absolute atomic E-state index is 12.6. The fraction of sp³-hybridized carbons (Fsp3) is 0.483. The second kappa shape index (κ2) is 13.4. The standard InChI is InChI=1S/C29H38N4O5/c1-3-22-7-4-6-21(2)28(22)31-26(34)20-38-25-10-8-24(9-11-25)33-19-23(18-27(33)35)29(36)30-12-5-13-32-14-16-37-17-15-32/h4,6-11,23H,3,5,12-20H2,1-2H3,(H,30,36)(H,31,34)/t23-/m1/s1. The maximum atomic E-state index is 12.6. The smallest absolute Gasteiger partial charge is 0.262 e. The van der Waals surface area contributed by atoms with Gasteiger partial charge in [0, 0.05) is 44.0 Å². The van der Waals surface area contributed by atoms with Crippen LogP contribution in [0.15, 0.2) is 42.5 Å². The van der Waals surface area contributed by atoms with Crippen molar-refractivity contribution in [3.8, 4) is 5.75 Å². The number of para-hydroxylation sites is 1. The highest BCUT2D eigenvalue weighted by Crippen LogP contribution is 2.27. The Hall–Kier alpha value is -3.43. The normalized spacial score (nSPS) is 17.9. The number of carbonyl (C=O) groups excluding carboxylic acids is 3. The summed E-state index contributed by atoms with van der Waals surface area (Å²) in [5, 5.41) is 5.94. The molecule has 9 nitrogen and oxygen atoms in total. The second-order valence-electron chi connectivity index (χ2n) is 9.80. The lowest BCUT2D eigenvalue weighted by Crippen LogP contribution is -2.39. The zero-order valence-corrected chi connectivity index (χ0v) is 22.3. The lowest BCUT2D eigenvalue weighted by Gasteiger charge is -2.26. The van der Waals surface area contributed by atoms with Gasteiger partial charge in [-0.1, -0.05) is 25.1 Å². The summed E-state index contributed by atoms with van der Waals surface area (Å²) in [5.41, 5.74) is 3.64. The highest BCUT2D eigenvalue weighted by atomic mass is 16.5. The Bertz CT molecular complexity index is 1110. The largest absolute Gasteiger partial charge is 0.484 e. The van der Waals surface area contributed by atoms with Crippen molar-refractivity contribution in [3.63, 3.8) is 0 Å². The van der Waals surface area contributed by atoms with Crippen molar-refractivity contribution in [2.45, 2.75) is 33.1 Å². The van der Waals surface area contributed by atoms with Crippen LogP contribution in [0.1, 0.15) is 30.9 Å². The quantitative estimate of drug-likeness (QED) is 0.441. The Kier molecular flexibility index (Phi) is 9.73. The first-order valence-corrected chi connectivity index (χ1v) is 13.4. The van der Waals surface area contributed by atoms with Gasteiger partial charge in [-0.2, -0.15) is 0 Å². The monoisotopic (exact) mass is 522 g/mol. The summed E-state index contributed by atoms with van der Waals surface area (Å²) in [6.07, 6.45) is 1.90. The third-order valence-corrected chi connectivity index (χ3v) is 7.07. The number of aryl methyl sites for hydroxylation is 2. The highest BCUT2D eigenvalue weighted by molar-refractivity contribution is 6.00. The number of benzene rings is 2. The molecule has 0 radical (unpaired) electrons. The molecular formula is C29H38N4O5. The Morgan fingerprint density at radius 2 is 1.87 bits per heavy atom. The number of hydrogen-bond donors (Lipinski definition) is 2. The first kappa shape index (κ1) is 27.6. The van der Waals surface area contributed by atoms with Crippen LogP contribution in [-0.2, 0) is 25.5 Å². The number of ether oxygens (including phenoxy) is 2. The van der Waals surface area contributed by atoms with Crippen molar-refractivity contribution < 1.29 is 23.9 Å². The van der Waals surface area contributed by atoms with E-state index in [1.165, 1.54) is 0 Å². The fourth-order valence-corrected chi connectivity index (χ4v) is 4.86. The highest BCUT2D eigenvalue weighted by Gasteiger charge is 2.35. The first-order chi connectivity index (χ1) is 18.4. The minimum atomic E-state index is -0.361. The number of carbonyl (C=O) groups is 3. The molecule has 2 aliphatic rings. The van der Waals surface area contributed by atoms with Crippen LogP contribution in [0.2, 0.25) is 0 Å². The number of anilines is 2. The molecule has 204 valence electrons. The van der Waals surface area contributed by atoms with Crippen molar-refractivity contribution in [3.05, 3.63) is 53.6 Å². The van der Waals surface area contributed by atoms with E-state index in [4.69, 9.17) is 9.47 Å². The number of hydrogen-bond acceptors (Lipinski definition) is 6. The topological polar surface area (TPSA) is 100 Å². The molecule has 0 unspecified atom stereocenters. The van der Waals surface area contributed by atoms with Gasteiger partial charge in [0.2, 0.25) is 11.8 Å². The van der Waals surface area contributed by atoms with E-state index in [9.17, 15) is 14.4 Å². The predicted octanol–water partition coefficient (Wildman–Crippen LogP) is 2.77. The molecule has 2 heterocycles. The van der Waals surface area contributed by atoms with E-state index >= 15 is 0 Å². The van der Waals surface area contributed by atoms with Gasteiger partial charge in [-0.25, -0.2) is 0 Å². The molecule has 2 N–H and O–H groups in total. The summed E-state index contributed by atoms with van der Waals surface area (Å²) < 4.78 is 11.0. The number of nitrogens with one attached hydrogen (secondary N) is 2. The van der Waals surface area contributed by atoms with Crippen molar-refractivity contribution in [1.29, 1.82) is 0 Å². The molecule has 1 atom stereocenters. The summed E-state index contributed by atoms with van der Waals surface area (Å²) in [4.78, 5) is 41.7. The third-order valence-electron chi connectivity index (χ3n) is 7.07. The molecule has 2 aromatic carbocycles. The second-order valence-corrected chi connectivity index (χ2v) is 9.80. The molecule has 38 heavy (non-hydrogen) atoms. The molecule has 9 heteroatoms. The Morgan fingerprint density at radius 3 is 2.61 bits per heavy atom. The van der Waals surface area contributed by atoms with Crippen molar-refractivity contribution >= 4 is 29.1 Å². The number of morpholine rings is 1. The Balaban J connectivity index is 1.21. The average Bonchev–Trinajstić information content (AvgIpc) is 3.33. The first-order valence-electron chi connectivity index (χ1n) is 13.4. The molecule has 0 spiro atoms. The van der Waals surface area contributed by atoms with Crippen LogP contribution < -0.4 is 20.3 Å². The van der Waals surface area contributed by atoms with Crippen LogP contribution in [0.4, 0.5) is 11.4 Å². The van der Waals surface area contributed by atoms with Gasteiger partial charge in [0.1, 0.15) is 5.75 Å². The van der Waals surface area contributed by atoms with E-state index in [0.29, 0.717) is 24.5 Å². The van der Waals surface area contributed by atoms with Gasteiger partial charge in [-0.3, -0.25) is 19.3 Å². The van der Waals surface area contributed by atoms with E-state index < -0.39 is 0 Å². The molecular weight excluding hydrogens is 484 g/mol. The SMILES string of the molecule is CCc1cccc(C)c1NC(=O)COc1ccc(N2C[C@H](C(=O)NCCCN3CCOCC3)CC2=O)cc1. The molecule has 0 saturated carbocycles. The van der Waals surface area contributed by atoms with Crippen molar-refractivity contribution in [1.82, 2.24) is 10.2 Å². The van der Waals surface area contributed by atoms with Gasteiger partial charge >= 0.3 is 0 Å². The zero-order chi connectivity index (χ0) is 26.9. The average molecular weight is 523 g/mol. The van der Waals surface area contributed by atoms with Gasteiger partial charge in [0.05, 0.1) is 19.1 Å². The minimum absolute atomic E-state index is 0.0727. The molecule has 2 fully saturated rings. The van der Waals surface area contributed by atoms with E-state index in [1.807, 2.05) is 25.1 Å². The molecule has 2 saturated heterocycles. The number of amides is 3. The van der Waals surface area contributed by atoms with Gasteiger partial charge in [-0.05, 0) is 61.7 Å².